The molecule has 1 aromatic carbocycles. The molecule has 0 aliphatic heterocycles. The Kier molecular flexibility index (Phi) is 5.95. The molecule has 0 heterocycles. The third-order valence-corrected chi connectivity index (χ3v) is 3.07. The summed E-state index contributed by atoms with van der Waals surface area (Å²) in [5.74, 6) is 1.43. The summed E-state index contributed by atoms with van der Waals surface area (Å²) in [5.41, 5.74) is 0.830. The first kappa shape index (κ1) is 14.8. The first-order chi connectivity index (χ1) is 8.63. The van der Waals surface area contributed by atoms with Crippen LogP contribution in [-0.4, -0.2) is 33.0 Å². The maximum absolute atomic E-state index is 10.2. The third kappa shape index (κ3) is 3.62. The zero-order valence-electron chi connectivity index (χ0n) is 11.5. The first-order valence-corrected chi connectivity index (χ1v) is 6.03. The van der Waals surface area contributed by atoms with Crippen molar-refractivity contribution in [1.82, 2.24) is 0 Å². The van der Waals surface area contributed by atoms with Crippen LogP contribution in [-0.2, 0) is 4.74 Å². The van der Waals surface area contributed by atoms with E-state index in [1.807, 2.05) is 19.1 Å². The predicted octanol–water partition coefficient (Wildman–Crippen LogP) is 2.41. The third-order valence-electron chi connectivity index (χ3n) is 3.07. The lowest BCUT2D eigenvalue weighted by Crippen LogP contribution is -2.11. The van der Waals surface area contributed by atoms with Crippen molar-refractivity contribution in [3.63, 3.8) is 0 Å². The molecule has 2 atom stereocenters. The van der Waals surface area contributed by atoms with Gasteiger partial charge < -0.3 is 19.3 Å². The maximum Gasteiger partial charge on any atom is 0.161 e. The van der Waals surface area contributed by atoms with E-state index in [-0.39, 0.29) is 5.92 Å². The molecular formula is C14H22O4. The van der Waals surface area contributed by atoms with Gasteiger partial charge in [-0.3, -0.25) is 0 Å². The fourth-order valence-corrected chi connectivity index (χ4v) is 1.83. The smallest absolute Gasteiger partial charge is 0.161 e. The summed E-state index contributed by atoms with van der Waals surface area (Å²) in [7, 11) is 4.84. The van der Waals surface area contributed by atoms with Gasteiger partial charge in [0.25, 0.3) is 0 Å². The fourth-order valence-electron chi connectivity index (χ4n) is 1.83. The van der Waals surface area contributed by atoms with Crippen molar-refractivity contribution >= 4 is 0 Å². The van der Waals surface area contributed by atoms with E-state index in [9.17, 15) is 5.11 Å². The van der Waals surface area contributed by atoms with Crippen LogP contribution in [0.2, 0.25) is 0 Å². The van der Waals surface area contributed by atoms with Gasteiger partial charge in [-0.05, 0) is 30.0 Å². The SMILES string of the molecule is COCCC(C)C(O)c1ccc(OC)c(OC)c1. The van der Waals surface area contributed by atoms with E-state index in [0.29, 0.717) is 18.1 Å². The minimum Gasteiger partial charge on any atom is -0.493 e. The van der Waals surface area contributed by atoms with Crippen molar-refractivity contribution in [3.8, 4) is 11.5 Å². The summed E-state index contributed by atoms with van der Waals surface area (Å²) < 4.78 is 15.4. The van der Waals surface area contributed by atoms with Crippen LogP contribution in [0.15, 0.2) is 18.2 Å². The number of hydrogen-bond donors (Lipinski definition) is 1. The van der Waals surface area contributed by atoms with E-state index in [1.54, 1.807) is 27.4 Å². The number of aliphatic hydroxyl groups excluding tert-OH is 1. The quantitative estimate of drug-likeness (QED) is 0.811. The molecule has 0 radical (unpaired) electrons. The second-order valence-electron chi connectivity index (χ2n) is 4.32. The van der Waals surface area contributed by atoms with E-state index in [0.717, 1.165) is 12.0 Å². The van der Waals surface area contributed by atoms with Crippen molar-refractivity contribution in [1.29, 1.82) is 0 Å². The van der Waals surface area contributed by atoms with E-state index < -0.39 is 6.10 Å². The van der Waals surface area contributed by atoms with Gasteiger partial charge in [-0.2, -0.15) is 0 Å². The summed E-state index contributed by atoms with van der Waals surface area (Å²) in [6.45, 7) is 2.64. The highest BCUT2D eigenvalue weighted by Gasteiger charge is 2.18. The van der Waals surface area contributed by atoms with Crippen LogP contribution >= 0.6 is 0 Å². The molecule has 0 aliphatic carbocycles. The number of rotatable bonds is 7. The predicted molar refractivity (Wildman–Crippen MR) is 70.2 cm³/mol. The van der Waals surface area contributed by atoms with Crippen molar-refractivity contribution < 1.29 is 19.3 Å². The molecule has 0 aromatic heterocycles. The van der Waals surface area contributed by atoms with Crippen molar-refractivity contribution in [3.05, 3.63) is 23.8 Å². The highest BCUT2D eigenvalue weighted by Crippen LogP contribution is 2.32. The standard InChI is InChI=1S/C14H22O4/c1-10(7-8-16-2)14(15)11-5-6-12(17-3)13(9-11)18-4/h5-6,9-10,14-15H,7-8H2,1-4H3. The van der Waals surface area contributed by atoms with Crippen molar-refractivity contribution in [2.24, 2.45) is 5.92 Å². The number of aliphatic hydroxyl groups is 1. The second-order valence-corrected chi connectivity index (χ2v) is 4.32. The Morgan fingerprint density at radius 1 is 1.11 bits per heavy atom. The van der Waals surface area contributed by atoms with Crippen molar-refractivity contribution in [2.45, 2.75) is 19.4 Å². The topological polar surface area (TPSA) is 47.9 Å². The molecule has 4 heteroatoms. The zero-order valence-corrected chi connectivity index (χ0v) is 11.5. The van der Waals surface area contributed by atoms with Gasteiger partial charge >= 0.3 is 0 Å². The molecule has 18 heavy (non-hydrogen) atoms. The molecule has 1 aromatic rings. The second kappa shape index (κ2) is 7.24. The number of methoxy groups -OCH3 is 3. The average Bonchev–Trinajstić information content (AvgIpc) is 2.42. The molecule has 0 fully saturated rings. The maximum atomic E-state index is 10.2. The van der Waals surface area contributed by atoms with Gasteiger partial charge in [0.1, 0.15) is 0 Å². The van der Waals surface area contributed by atoms with Crippen molar-refractivity contribution in [2.75, 3.05) is 27.9 Å². The highest BCUT2D eigenvalue weighted by molar-refractivity contribution is 5.43. The van der Waals surface area contributed by atoms with Crippen LogP contribution in [0.1, 0.15) is 25.0 Å². The highest BCUT2D eigenvalue weighted by atomic mass is 16.5. The van der Waals surface area contributed by atoms with Gasteiger partial charge in [-0.15, -0.1) is 0 Å². The van der Waals surface area contributed by atoms with E-state index in [4.69, 9.17) is 14.2 Å². The van der Waals surface area contributed by atoms with Crippen LogP contribution in [0.4, 0.5) is 0 Å². The van der Waals surface area contributed by atoms with Crippen LogP contribution in [0.3, 0.4) is 0 Å². The number of ether oxygens (including phenoxy) is 3. The minimum absolute atomic E-state index is 0.128. The Morgan fingerprint density at radius 2 is 1.78 bits per heavy atom. The summed E-state index contributed by atoms with van der Waals surface area (Å²) in [6, 6.07) is 5.47. The van der Waals surface area contributed by atoms with Gasteiger partial charge in [0.15, 0.2) is 11.5 Å². The molecule has 0 saturated carbocycles. The molecular weight excluding hydrogens is 232 g/mol. The number of benzene rings is 1. The molecule has 102 valence electrons. The van der Waals surface area contributed by atoms with Crippen LogP contribution in [0, 0.1) is 5.92 Å². The summed E-state index contributed by atoms with van der Waals surface area (Å²) in [5, 5.41) is 10.2. The van der Waals surface area contributed by atoms with Crippen LogP contribution < -0.4 is 9.47 Å². The van der Waals surface area contributed by atoms with Gasteiger partial charge in [0.2, 0.25) is 0 Å². The molecule has 2 unspecified atom stereocenters. The normalized spacial score (nSPS) is 14.1. The van der Waals surface area contributed by atoms with E-state index in [2.05, 4.69) is 0 Å². The first-order valence-electron chi connectivity index (χ1n) is 6.03. The molecule has 0 aliphatic rings. The fraction of sp³-hybridized carbons (Fsp3) is 0.571. The molecule has 0 saturated heterocycles. The lowest BCUT2D eigenvalue weighted by atomic mass is 9.94. The monoisotopic (exact) mass is 254 g/mol. The molecule has 1 N–H and O–H groups in total. The molecule has 1 rings (SSSR count). The Labute approximate surface area is 108 Å². The lowest BCUT2D eigenvalue weighted by Gasteiger charge is -2.20. The summed E-state index contributed by atoms with van der Waals surface area (Å²) in [4.78, 5) is 0. The van der Waals surface area contributed by atoms with Gasteiger partial charge in [-0.25, -0.2) is 0 Å². The minimum atomic E-state index is -0.528. The lowest BCUT2D eigenvalue weighted by molar-refractivity contribution is 0.0884. The summed E-state index contributed by atoms with van der Waals surface area (Å²) >= 11 is 0. The zero-order chi connectivity index (χ0) is 13.5. The Morgan fingerprint density at radius 3 is 2.33 bits per heavy atom. The molecule has 0 amide bonds. The molecule has 0 bridgehead atoms. The largest absolute Gasteiger partial charge is 0.493 e. The molecule has 4 nitrogen and oxygen atoms in total. The molecule has 0 spiro atoms. The van der Waals surface area contributed by atoms with Gasteiger partial charge in [0.05, 0.1) is 20.3 Å². The summed E-state index contributed by atoms with van der Waals surface area (Å²) in [6.07, 6.45) is 0.284. The van der Waals surface area contributed by atoms with Gasteiger partial charge in [0, 0.05) is 13.7 Å². The van der Waals surface area contributed by atoms with E-state index in [1.165, 1.54) is 0 Å². The van der Waals surface area contributed by atoms with Crippen LogP contribution in [0.25, 0.3) is 0 Å². The Balaban J connectivity index is 2.82. The van der Waals surface area contributed by atoms with E-state index >= 15 is 0 Å². The average molecular weight is 254 g/mol. The van der Waals surface area contributed by atoms with Crippen LogP contribution in [0.5, 0.6) is 11.5 Å². The number of hydrogen-bond acceptors (Lipinski definition) is 4. The Bertz CT molecular complexity index is 365. The van der Waals surface area contributed by atoms with Gasteiger partial charge in [-0.1, -0.05) is 13.0 Å². The Hall–Kier alpha value is -1.26.